The molecule has 0 bridgehead atoms. The Labute approximate surface area is 152 Å². The number of rotatable bonds is 5. The zero-order valence-electron chi connectivity index (χ0n) is 14.3. The lowest BCUT2D eigenvalue weighted by atomic mass is 9.97. The van der Waals surface area contributed by atoms with Crippen LogP contribution in [-0.4, -0.2) is 16.6 Å². The van der Waals surface area contributed by atoms with Crippen LogP contribution in [0.1, 0.15) is 44.3 Å². The molecule has 0 saturated carbocycles. The van der Waals surface area contributed by atoms with E-state index in [2.05, 4.69) is 0 Å². The standard InChI is InChI=1S/C23H19NO2/c25-22(18-11-5-2-6-12-18)15-21-19-13-7-8-14-20(19)23(26)24(21)16-17-9-3-1-4-10-17/h1-14,21H,15-16H2. The Bertz CT molecular complexity index is 935. The first-order valence-electron chi connectivity index (χ1n) is 8.76. The third-order valence-electron chi connectivity index (χ3n) is 4.86. The van der Waals surface area contributed by atoms with Crippen molar-refractivity contribution in [2.45, 2.75) is 19.0 Å². The van der Waals surface area contributed by atoms with Crippen molar-refractivity contribution < 1.29 is 9.59 Å². The zero-order chi connectivity index (χ0) is 17.9. The molecule has 0 aliphatic carbocycles. The van der Waals surface area contributed by atoms with E-state index in [0.29, 0.717) is 24.1 Å². The van der Waals surface area contributed by atoms with Gasteiger partial charge in [0.15, 0.2) is 5.78 Å². The summed E-state index contributed by atoms with van der Waals surface area (Å²) in [5.41, 5.74) is 3.39. The third kappa shape index (κ3) is 3.04. The summed E-state index contributed by atoms with van der Waals surface area (Å²) >= 11 is 0. The first-order valence-corrected chi connectivity index (χ1v) is 8.76. The fourth-order valence-corrected chi connectivity index (χ4v) is 3.55. The molecule has 3 heteroatoms. The van der Waals surface area contributed by atoms with Gasteiger partial charge in [0, 0.05) is 24.1 Å². The number of nitrogens with zero attached hydrogens (tertiary/aromatic N) is 1. The van der Waals surface area contributed by atoms with E-state index in [4.69, 9.17) is 0 Å². The van der Waals surface area contributed by atoms with Crippen molar-refractivity contribution in [1.29, 1.82) is 0 Å². The van der Waals surface area contributed by atoms with Crippen molar-refractivity contribution in [3.8, 4) is 0 Å². The highest BCUT2D eigenvalue weighted by Gasteiger charge is 2.37. The van der Waals surface area contributed by atoms with Crippen molar-refractivity contribution in [1.82, 2.24) is 4.90 Å². The lowest BCUT2D eigenvalue weighted by Crippen LogP contribution is -2.29. The monoisotopic (exact) mass is 341 g/mol. The number of Topliss-reactive ketones (excluding diaryl/α,β-unsaturated/α-hetero) is 1. The molecular formula is C23H19NO2. The number of carbonyl (C=O) groups excluding carboxylic acids is 2. The van der Waals surface area contributed by atoms with E-state index in [-0.39, 0.29) is 17.7 Å². The molecule has 26 heavy (non-hydrogen) atoms. The number of fused-ring (bicyclic) bond motifs is 1. The molecule has 4 rings (SSSR count). The predicted molar refractivity (Wildman–Crippen MR) is 101 cm³/mol. The predicted octanol–water partition coefficient (Wildman–Crippen LogP) is 4.66. The molecule has 1 unspecified atom stereocenters. The summed E-state index contributed by atoms with van der Waals surface area (Å²) in [4.78, 5) is 27.5. The molecule has 1 aliphatic heterocycles. The van der Waals surface area contributed by atoms with E-state index in [1.807, 2.05) is 89.8 Å². The molecule has 3 aromatic rings. The zero-order valence-corrected chi connectivity index (χ0v) is 14.3. The van der Waals surface area contributed by atoms with Crippen LogP contribution < -0.4 is 0 Å². The maximum absolute atomic E-state index is 12.9. The quantitative estimate of drug-likeness (QED) is 0.633. The molecule has 1 heterocycles. The van der Waals surface area contributed by atoms with Gasteiger partial charge in [0.1, 0.15) is 0 Å². The minimum Gasteiger partial charge on any atom is -0.327 e. The molecule has 128 valence electrons. The summed E-state index contributed by atoms with van der Waals surface area (Å²) in [5, 5.41) is 0. The number of ketones is 1. The van der Waals surface area contributed by atoms with Crippen LogP contribution in [0.25, 0.3) is 0 Å². The fraction of sp³-hybridized carbons (Fsp3) is 0.130. The van der Waals surface area contributed by atoms with Crippen LogP contribution in [0.5, 0.6) is 0 Å². The van der Waals surface area contributed by atoms with Gasteiger partial charge in [-0.2, -0.15) is 0 Å². The van der Waals surface area contributed by atoms with E-state index < -0.39 is 0 Å². The van der Waals surface area contributed by atoms with Crippen LogP contribution in [0.2, 0.25) is 0 Å². The number of hydrogen-bond acceptors (Lipinski definition) is 2. The maximum atomic E-state index is 12.9. The van der Waals surface area contributed by atoms with Crippen molar-refractivity contribution in [3.05, 3.63) is 107 Å². The summed E-state index contributed by atoms with van der Waals surface area (Å²) in [7, 11) is 0. The summed E-state index contributed by atoms with van der Waals surface area (Å²) in [6.45, 7) is 0.501. The van der Waals surface area contributed by atoms with Gasteiger partial charge in [0.05, 0.1) is 6.04 Å². The Morgan fingerprint density at radius 2 is 1.42 bits per heavy atom. The Kier molecular flexibility index (Phi) is 4.36. The van der Waals surface area contributed by atoms with Gasteiger partial charge >= 0.3 is 0 Å². The topological polar surface area (TPSA) is 37.4 Å². The van der Waals surface area contributed by atoms with Gasteiger partial charge < -0.3 is 4.90 Å². The van der Waals surface area contributed by atoms with Gasteiger partial charge in [0.25, 0.3) is 5.91 Å². The average Bonchev–Trinajstić information content (AvgIpc) is 2.95. The van der Waals surface area contributed by atoms with Crippen LogP contribution in [0, 0.1) is 0 Å². The Morgan fingerprint density at radius 3 is 2.15 bits per heavy atom. The molecule has 0 radical (unpaired) electrons. The van der Waals surface area contributed by atoms with Crippen LogP contribution in [0.4, 0.5) is 0 Å². The smallest absolute Gasteiger partial charge is 0.255 e. The molecule has 0 spiro atoms. The second-order valence-electron chi connectivity index (χ2n) is 6.52. The van der Waals surface area contributed by atoms with Crippen LogP contribution in [0.3, 0.4) is 0 Å². The maximum Gasteiger partial charge on any atom is 0.255 e. The molecule has 1 amide bonds. The van der Waals surface area contributed by atoms with E-state index in [0.717, 1.165) is 11.1 Å². The second-order valence-corrected chi connectivity index (χ2v) is 6.52. The molecule has 1 atom stereocenters. The average molecular weight is 341 g/mol. The number of hydrogen-bond donors (Lipinski definition) is 0. The van der Waals surface area contributed by atoms with E-state index in [1.165, 1.54) is 0 Å². The lowest BCUT2D eigenvalue weighted by Gasteiger charge is -2.25. The highest BCUT2D eigenvalue weighted by Crippen LogP contribution is 2.37. The number of carbonyl (C=O) groups is 2. The summed E-state index contributed by atoms with van der Waals surface area (Å²) < 4.78 is 0. The molecule has 3 aromatic carbocycles. The van der Waals surface area contributed by atoms with Crippen molar-refractivity contribution in [2.24, 2.45) is 0 Å². The van der Waals surface area contributed by atoms with Crippen molar-refractivity contribution >= 4 is 11.7 Å². The van der Waals surface area contributed by atoms with Gasteiger partial charge in [-0.25, -0.2) is 0 Å². The fourth-order valence-electron chi connectivity index (χ4n) is 3.55. The number of amides is 1. The van der Waals surface area contributed by atoms with Crippen LogP contribution >= 0.6 is 0 Å². The first kappa shape index (κ1) is 16.3. The van der Waals surface area contributed by atoms with Crippen molar-refractivity contribution in [2.75, 3.05) is 0 Å². The Balaban J connectivity index is 1.66. The van der Waals surface area contributed by atoms with E-state index in [9.17, 15) is 9.59 Å². The van der Waals surface area contributed by atoms with E-state index in [1.54, 1.807) is 0 Å². The molecule has 3 nitrogen and oxygen atoms in total. The Morgan fingerprint density at radius 1 is 0.808 bits per heavy atom. The minimum absolute atomic E-state index is 0.00434. The van der Waals surface area contributed by atoms with Gasteiger partial charge in [-0.3, -0.25) is 9.59 Å². The SMILES string of the molecule is O=C(CC1c2ccccc2C(=O)N1Cc1ccccc1)c1ccccc1. The van der Waals surface area contributed by atoms with Gasteiger partial charge in [-0.1, -0.05) is 78.9 Å². The largest absolute Gasteiger partial charge is 0.327 e. The van der Waals surface area contributed by atoms with Gasteiger partial charge in [-0.05, 0) is 17.2 Å². The summed E-state index contributed by atoms with van der Waals surface area (Å²) in [6.07, 6.45) is 0.291. The van der Waals surface area contributed by atoms with Gasteiger partial charge in [-0.15, -0.1) is 0 Å². The van der Waals surface area contributed by atoms with E-state index >= 15 is 0 Å². The lowest BCUT2D eigenvalue weighted by molar-refractivity contribution is 0.0687. The van der Waals surface area contributed by atoms with Crippen LogP contribution in [0.15, 0.2) is 84.9 Å². The summed E-state index contributed by atoms with van der Waals surface area (Å²) in [6, 6.07) is 26.6. The molecule has 0 N–H and O–H groups in total. The van der Waals surface area contributed by atoms with Gasteiger partial charge in [0.2, 0.25) is 0 Å². The van der Waals surface area contributed by atoms with Crippen molar-refractivity contribution in [3.63, 3.8) is 0 Å². The molecule has 0 saturated heterocycles. The molecule has 0 fully saturated rings. The van der Waals surface area contributed by atoms with Crippen LogP contribution in [-0.2, 0) is 6.54 Å². The third-order valence-corrected chi connectivity index (χ3v) is 4.86. The first-order chi connectivity index (χ1) is 12.7. The highest BCUT2D eigenvalue weighted by atomic mass is 16.2. The minimum atomic E-state index is -0.230. The highest BCUT2D eigenvalue weighted by molar-refractivity contribution is 6.01. The second kappa shape index (κ2) is 6.96. The molecule has 1 aliphatic rings. The Hall–Kier alpha value is -3.20. The number of benzene rings is 3. The normalized spacial score (nSPS) is 15.8. The molecular weight excluding hydrogens is 322 g/mol. The molecule has 0 aromatic heterocycles. The summed E-state index contributed by atoms with van der Waals surface area (Å²) in [5.74, 6) is 0.0495.